The van der Waals surface area contributed by atoms with Crippen molar-refractivity contribution in [2.24, 2.45) is 5.92 Å². The van der Waals surface area contributed by atoms with Crippen LogP contribution in [0.3, 0.4) is 0 Å². The number of carbonyl (C=O) groups excluding carboxylic acids is 1. The molecule has 5 heteroatoms. The number of carbonyl (C=O) groups is 1. The summed E-state index contributed by atoms with van der Waals surface area (Å²) < 4.78 is 6.04. The standard InChI is InChI=1S/C20H30N2O2.ClH/c23-20(22-15-17-6-4-12-21-14-17)11-10-16-5-3-9-19(13-16)24-18-7-1-2-8-18;/h3,5,9,13,17-18,21H,1-2,4,6-8,10-12,14-15H2,(H,22,23);1H. The molecule has 2 aliphatic rings. The monoisotopic (exact) mass is 366 g/mol. The zero-order valence-corrected chi connectivity index (χ0v) is 15.8. The highest BCUT2D eigenvalue weighted by Gasteiger charge is 2.17. The highest BCUT2D eigenvalue weighted by atomic mass is 35.5. The largest absolute Gasteiger partial charge is 0.490 e. The minimum atomic E-state index is 0. The number of ether oxygens (including phenoxy) is 1. The number of hydrogen-bond donors (Lipinski definition) is 2. The van der Waals surface area contributed by atoms with Gasteiger partial charge in [-0.25, -0.2) is 0 Å². The van der Waals surface area contributed by atoms with E-state index >= 15 is 0 Å². The van der Waals surface area contributed by atoms with Crippen molar-refractivity contribution >= 4 is 18.3 Å². The molecule has 1 unspecified atom stereocenters. The van der Waals surface area contributed by atoms with E-state index in [1.807, 2.05) is 12.1 Å². The molecule has 1 aliphatic heterocycles. The number of hydrogen-bond acceptors (Lipinski definition) is 3. The van der Waals surface area contributed by atoms with Gasteiger partial charge in [-0.1, -0.05) is 12.1 Å². The van der Waals surface area contributed by atoms with Crippen molar-refractivity contribution in [3.63, 3.8) is 0 Å². The summed E-state index contributed by atoms with van der Waals surface area (Å²) in [7, 11) is 0. The number of amides is 1. The lowest BCUT2D eigenvalue weighted by Gasteiger charge is -2.22. The van der Waals surface area contributed by atoms with E-state index < -0.39 is 0 Å². The summed E-state index contributed by atoms with van der Waals surface area (Å²) in [5, 5.41) is 6.47. The van der Waals surface area contributed by atoms with Crippen LogP contribution in [0.4, 0.5) is 0 Å². The Morgan fingerprint density at radius 1 is 1.20 bits per heavy atom. The summed E-state index contributed by atoms with van der Waals surface area (Å²) >= 11 is 0. The first-order valence-electron chi connectivity index (χ1n) is 9.52. The maximum Gasteiger partial charge on any atom is 0.220 e. The molecule has 0 aromatic heterocycles. The van der Waals surface area contributed by atoms with Crippen molar-refractivity contribution < 1.29 is 9.53 Å². The van der Waals surface area contributed by atoms with Crippen molar-refractivity contribution in [1.82, 2.24) is 10.6 Å². The molecule has 1 heterocycles. The Balaban J connectivity index is 0.00000225. The van der Waals surface area contributed by atoms with Gasteiger partial charge in [0.1, 0.15) is 5.75 Å². The van der Waals surface area contributed by atoms with Crippen LogP contribution in [0.1, 0.15) is 50.5 Å². The van der Waals surface area contributed by atoms with Gasteiger partial charge in [0, 0.05) is 13.0 Å². The van der Waals surface area contributed by atoms with Crippen LogP contribution < -0.4 is 15.4 Å². The maximum atomic E-state index is 12.1. The summed E-state index contributed by atoms with van der Waals surface area (Å²) in [6.45, 7) is 2.95. The molecule has 1 atom stereocenters. The number of halogens is 1. The van der Waals surface area contributed by atoms with Crippen LogP contribution in [0, 0.1) is 5.92 Å². The molecule has 2 fully saturated rings. The van der Waals surface area contributed by atoms with Gasteiger partial charge in [-0.05, 0) is 81.6 Å². The van der Waals surface area contributed by atoms with E-state index in [0.29, 0.717) is 18.4 Å². The molecule has 0 radical (unpaired) electrons. The normalized spacial score (nSPS) is 20.7. The highest BCUT2D eigenvalue weighted by molar-refractivity contribution is 5.85. The summed E-state index contributed by atoms with van der Waals surface area (Å²) in [6.07, 6.45) is 9.03. The van der Waals surface area contributed by atoms with E-state index in [4.69, 9.17) is 4.74 Å². The average Bonchev–Trinajstić information content (AvgIpc) is 3.12. The van der Waals surface area contributed by atoms with Gasteiger partial charge in [-0.2, -0.15) is 0 Å². The summed E-state index contributed by atoms with van der Waals surface area (Å²) in [5.74, 6) is 1.70. The van der Waals surface area contributed by atoms with Gasteiger partial charge in [0.2, 0.25) is 5.91 Å². The molecule has 25 heavy (non-hydrogen) atoms. The Bertz CT molecular complexity index is 526. The summed E-state index contributed by atoms with van der Waals surface area (Å²) in [5.41, 5.74) is 1.18. The lowest BCUT2D eigenvalue weighted by molar-refractivity contribution is -0.121. The third-order valence-electron chi connectivity index (χ3n) is 5.13. The van der Waals surface area contributed by atoms with E-state index in [1.165, 1.54) is 44.1 Å². The summed E-state index contributed by atoms with van der Waals surface area (Å²) in [6, 6.07) is 8.24. The van der Waals surface area contributed by atoms with Crippen LogP contribution in [0.15, 0.2) is 24.3 Å². The molecule has 4 nitrogen and oxygen atoms in total. The fourth-order valence-electron chi connectivity index (χ4n) is 3.68. The molecule has 1 saturated heterocycles. The predicted molar refractivity (Wildman–Crippen MR) is 103 cm³/mol. The molecule has 1 aliphatic carbocycles. The van der Waals surface area contributed by atoms with Crippen LogP contribution in [-0.4, -0.2) is 31.6 Å². The fraction of sp³-hybridized carbons (Fsp3) is 0.650. The van der Waals surface area contributed by atoms with E-state index in [0.717, 1.165) is 31.8 Å². The molecular weight excluding hydrogens is 336 g/mol. The van der Waals surface area contributed by atoms with Crippen LogP contribution in [0.2, 0.25) is 0 Å². The van der Waals surface area contributed by atoms with Gasteiger partial charge < -0.3 is 15.4 Å². The van der Waals surface area contributed by atoms with Crippen molar-refractivity contribution in [2.45, 2.75) is 57.5 Å². The molecule has 0 bridgehead atoms. The second kappa shape index (κ2) is 10.7. The molecular formula is C20H31ClN2O2. The Kier molecular flexibility index (Phi) is 8.56. The van der Waals surface area contributed by atoms with Crippen molar-refractivity contribution in [2.75, 3.05) is 19.6 Å². The van der Waals surface area contributed by atoms with E-state index in [9.17, 15) is 4.79 Å². The zero-order valence-electron chi connectivity index (χ0n) is 15.0. The highest BCUT2D eigenvalue weighted by Crippen LogP contribution is 2.24. The van der Waals surface area contributed by atoms with Crippen LogP contribution >= 0.6 is 12.4 Å². The molecule has 140 valence electrons. The molecule has 2 N–H and O–H groups in total. The average molecular weight is 367 g/mol. The van der Waals surface area contributed by atoms with Crippen LogP contribution in [0.25, 0.3) is 0 Å². The van der Waals surface area contributed by atoms with Gasteiger partial charge in [0.25, 0.3) is 0 Å². The Morgan fingerprint density at radius 2 is 2.04 bits per heavy atom. The third kappa shape index (κ3) is 6.87. The van der Waals surface area contributed by atoms with Gasteiger partial charge in [0.15, 0.2) is 0 Å². The Hall–Kier alpha value is -1.26. The first kappa shape index (κ1) is 20.1. The summed E-state index contributed by atoms with van der Waals surface area (Å²) in [4.78, 5) is 12.1. The second-order valence-corrected chi connectivity index (χ2v) is 7.19. The van der Waals surface area contributed by atoms with Crippen molar-refractivity contribution in [3.05, 3.63) is 29.8 Å². The topological polar surface area (TPSA) is 50.4 Å². The van der Waals surface area contributed by atoms with Gasteiger partial charge in [0.05, 0.1) is 6.10 Å². The number of nitrogens with one attached hydrogen (secondary N) is 2. The SMILES string of the molecule is Cl.O=C(CCc1cccc(OC2CCCC2)c1)NCC1CCCNC1. The number of rotatable bonds is 7. The van der Waals surface area contributed by atoms with Gasteiger partial charge in [-0.3, -0.25) is 4.79 Å². The smallest absolute Gasteiger partial charge is 0.220 e. The van der Waals surface area contributed by atoms with Gasteiger partial charge >= 0.3 is 0 Å². The molecule has 1 aromatic carbocycles. The lowest BCUT2D eigenvalue weighted by atomic mass is 9.99. The van der Waals surface area contributed by atoms with Gasteiger partial charge in [-0.15, -0.1) is 12.4 Å². The molecule has 3 rings (SSSR count). The maximum absolute atomic E-state index is 12.1. The Labute approximate surface area is 157 Å². The second-order valence-electron chi connectivity index (χ2n) is 7.19. The predicted octanol–water partition coefficient (Wildman–Crippen LogP) is 3.48. The number of benzene rings is 1. The van der Waals surface area contributed by atoms with E-state index in [-0.39, 0.29) is 18.3 Å². The van der Waals surface area contributed by atoms with E-state index in [1.54, 1.807) is 0 Å². The first-order chi connectivity index (χ1) is 11.8. The third-order valence-corrected chi connectivity index (χ3v) is 5.13. The number of piperidine rings is 1. The molecule has 1 saturated carbocycles. The fourth-order valence-corrected chi connectivity index (χ4v) is 3.68. The van der Waals surface area contributed by atoms with Crippen molar-refractivity contribution in [3.8, 4) is 5.75 Å². The lowest BCUT2D eigenvalue weighted by Crippen LogP contribution is -2.38. The first-order valence-corrected chi connectivity index (χ1v) is 9.52. The Morgan fingerprint density at radius 3 is 2.80 bits per heavy atom. The number of aryl methyl sites for hydroxylation is 1. The zero-order chi connectivity index (χ0) is 16.6. The van der Waals surface area contributed by atoms with Crippen LogP contribution in [-0.2, 0) is 11.2 Å². The van der Waals surface area contributed by atoms with E-state index in [2.05, 4.69) is 22.8 Å². The minimum Gasteiger partial charge on any atom is -0.490 e. The molecule has 1 amide bonds. The quantitative estimate of drug-likeness (QED) is 0.776. The van der Waals surface area contributed by atoms with Crippen LogP contribution in [0.5, 0.6) is 5.75 Å². The minimum absolute atomic E-state index is 0. The van der Waals surface area contributed by atoms with Crippen molar-refractivity contribution in [1.29, 1.82) is 0 Å². The molecule has 0 spiro atoms. The molecule has 1 aromatic rings.